The van der Waals surface area contributed by atoms with E-state index in [9.17, 15) is 14.7 Å². The van der Waals surface area contributed by atoms with Gasteiger partial charge in [-0.1, -0.05) is 6.42 Å². The molecule has 124 valence electrons. The average molecular weight is 313 g/mol. The molecule has 2 fully saturated rings. The second kappa shape index (κ2) is 6.53. The third-order valence-electron chi connectivity index (χ3n) is 5.17. The van der Waals surface area contributed by atoms with Crippen molar-refractivity contribution in [3.63, 3.8) is 0 Å². The molecule has 1 aliphatic heterocycles. The fourth-order valence-corrected chi connectivity index (χ4v) is 4.11. The maximum absolute atomic E-state index is 11.7. The summed E-state index contributed by atoms with van der Waals surface area (Å²) in [7, 11) is -1.40. The number of carboxylic acids is 1. The van der Waals surface area contributed by atoms with Crippen molar-refractivity contribution in [3.8, 4) is 0 Å². The smallest absolute Gasteiger partial charge is 0.451 e. The number of aliphatic carboxylic acids is 1. The van der Waals surface area contributed by atoms with E-state index in [4.69, 9.17) is 21.5 Å². The first-order chi connectivity index (χ1) is 10.3. The second-order valence-electron chi connectivity index (χ2n) is 6.49. The third kappa shape index (κ3) is 3.12. The lowest BCUT2D eigenvalue weighted by Gasteiger charge is -2.31. The summed E-state index contributed by atoms with van der Waals surface area (Å²) in [5.74, 6) is -1.32. The topological polar surface area (TPSA) is 150 Å². The summed E-state index contributed by atoms with van der Waals surface area (Å²) in [5.41, 5.74) is 10.2. The minimum absolute atomic E-state index is 0.0347. The first-order valence-electron chi connectivity index (χ1n) is 7.65. The Morgan fingerprint density at radius 1 is 1.32 bits per heavy atom. The molecule has 1 aliphatic carbocycles. The Morgan fingerprint density at radius 3 is 2.55 bits per heavy atom. The van der Waals surface area contributed by atoms with Crippen LogP contribution in [0.2, 0.25) is 6.32 Å². The van der Waals surface area contributed by atoms with Crippen LogP contribution >= 0.6 is 0 Å². The largest absolute Gasteiger partial charge is 0.480 e. The van der Waals surface area contributed by atoms with Crippen molar-refractivity contribution < 1.29 is 24.7 Å². The quantitative estimate of drug-likeness (QED) is 0.358. The highest BCUT2D eigenvalue weighted by Gasteiger charge is 2.58. The predicted molar refractivity (Wildman–Crippen MR) is 79.5 cm³/mol. The first kappa shape index (κ1) is 17.2. The van der Waals surface area contributed by atoms with Crippen LogP contribution in [0.5, 0.6) is 0 Å². The number of carboxylic acid groups (broad SMARTS) is 1. The van der Waals surface area contributed by atoms with Gasteiger partial charge in [0.15, 0.2) is 0 Å². The maximum atomic E-state index is 11.7. The number of hydrogen-bond donors (Lipinski definition) is 5. The van der Waals surface area contributed by atoms with E-state index in [-0.39, 0.29) is 36.5 Å². The van der Waals surface area contributed by atoms with Crippen LogP contribution in [0.4, 0.5) is 0 Å². The number of rotatable bonds is 6. The molecule has 2 rings (SSSR count). The first-order valence-corrected chi connectivity index (χ1v) is 7.65. The van der Waals surface area contributed by atoms with E-state index >= 15 is 0 Å². The van der Waals surface area contributed by atoms with Crippen LogP contribution in [0.15, 0.2) is 0 Å². The summed E-state index contributed by atoms with van der Waals surface area (Å²) in [4.78, 5) is 25.0. The highest BCUT2D eigenvalue weighted by atomic mass is 16.4. The van der Waals surface area contributed by atoms with Gasteiger partial charge in [-0.2, -0.15) is 0 Å². The lowest BCUT2D eigenvalue weighted by molar-refractivity contribution is -0.145. The van der Waals surface area contributed by atoms with Crippen molar-refractivity contribution in [1.82, 2.24) is 4.90 Å². The maximum Gasteiger partial charge on any atom is 0.451 e. The summed E-state index contributed by atoms with van der Waals surface area (Å²) in [6.07, 6.45) is 1.53. The Morgan fingerprint density at radius 2 is 2.00 bits per heavy atom. The van der Waals surface area contributed by atoms with Crippen molar-refractivity contribution in [2.75, 3.05) is 19.6 Å². The Kier molecular flexibility index (Phi) is 5.11. The van der Waals surface area contributed by atoms with Gasteiger partial charge in [0, 0.05) is 13.1 Å². The van der Waals surface area contributed by atoms with Gasteiger partial charge in [0.05, 0.1) is 6.54 Å². The van der Waals surface area contributed by atoms with Gasteiger partial charge in [-0.15, -0.1) is 0 Å². The zero-order valence-electron chi connectivity index (χ0n) is 12.5. The molecule has 0 spiro atoms. The molecule has 2 aliphatic rings. The van der Waals surface area contributed by atoms with E-state index in [1.807, 2.05) is 0 Å². The number of amides is 1. The van der Waals surface area contributed by atoms with E-state index in [2.05, 4.69) is 0 Å². The molecule has 0 aromatic carbocycles. The van der Waals surface area contributed by atoms with Gasteiger partial charge in [-0.25, -0.2) is 0 Å². The molecule has 8 nitrogen and oxygen atoms in total. The molecule has 1 amide bonds. The molecule has 1 saturated carbocycles. The van der Waals surface area contributed by atoms with Crippen molar-refractivity contribution in [2.24, 2.45) is 29.2 Å². The number of hydrogen-bond acceptors (Lipinski definition) is 6. The fourth-order valence-electron chi connectivity index (χ4n) is 4.11. The molecular weight excluding hydrogens is 289 g/mol. The monoisotopic (exact) mass is 313 g/mol. The highest BCUT2D eigenvalue weighted by Crippen LogP contribution is 2.49. The van der Waals surface area contributed by atoms with Crippen LogP contribution in [-0.2, 0) is 9.59 Å². The molecule has 0 radical (unpaired) electrons. The van der Waals surface area contributed by atoms with E-state index in [0.29, 0.717) is 32.4 Å². The molecule has 7 N–H and O–H groups in total. The van der Waals surface area contributed by atoms with Crippen LogP contribution in [-0.4, -0.2) is 64.2 Å². The molecule has 2 unspecified atom stereocenters. The van der Waals surface area contributed by atoms with Crippen molar-refractivity contribution >= 4 is 19.0 Å². The van der Waals surface area contributed by atoms with Crippen molar-refractivity contribution in [3.05, 3.63) is 0 Å². The van der Waals surface area contributed by atoms with Crippen molar-refractivity contribution in [2.45, 2.75) is 31.1 Å². The van der Waals surface area contributed by atoms with E-state index in [1.165, 1.54) is 0 Å². The second-order valence-corrected chi connectivity index (χ2v) is 6.49. The fraction of sp³-hybridized carbons (Fsp3) is 0.846. The summed E-state index contributed by atoms with van der Waals surface area (Å²) < 4.78 is 0. The summed E-state index contributed by atoms with van der Waals surface area (Å²) in [5, 5.41) is 27.4. The summed E-state index contributed by atoms with van der Waals surface area (Å²) in [6, 6.07) is 0. The van der Waals surface area contributed by atoms with Gasteiger partial charge in [0.25, 0.3) is 0 Å². The standard InChI is InChI=1S/C13H24BN3O5/c15-5-11(18)17-6-8-4-13(16,12(19)20)10(9(8)7-17)2-1-3-14(21)22/h8-10,21-22H,1-7,15-16H2,(H,19,20)/t8-,9+,10?,13?/m0/s1. The SMILES string of the molecule is NCC(=O)N1C[C@@H]2CC(N)(C(=O)O)C(CCCB(O)O)[C@@H]2C1. The normalized spacial score (nSPS) is 33.8. The zero-order valence-corrected chi connectivity index (χ0v) is 12.5. The summed E-state index contributed by atoms with van der Waals surface area (Å²) >= 11 is 0. The molecule has 0 bridgehead atoms. The minimum Gasteiger partial charge on any atom is -0.480 e. The Labute approximate surface area is 129 Å². The number of carbonyl (C=O) groups excluding carboxylic acids is 1. The van der Waals surface area contributed by atoms with Gasteiger partial charge in [-0.05, 0) is 36.9 Å². The summed E-state index contributed by atoms with van der Waals surface area (Å²) in [6.45, 7) is 0.943. The number of nitrogens with two attached hydrogens (primary N) is 2. The Hall–Kier alpha value is -1.16. The molecular formula is C13H24BN3O5. The number of fused-ring (bicyclic) bond motifs is 1. The molecule has 22 heavy (non-hydrogen) atoms. The lowest BCUT2D eigenvalue weighted by atomic mass is 9.76. The number of likely N-dealkylation sites (tertiary alicyclic amines) is 1. The van der Waals surface area contributed by atoms with E-state index < -0.39 is 18.6 Å². The van der Waals surface area contributed by atoms with Crippen LogP contribution in [0.1, 0.15) is 19.3 Å². The molecule has 4 atom stereocenters. The molecule has 0 aromatic heterocycles. The molecule has 1 saturated heterocycles. The van der Waals surface area contributed by atoms with Crippen LogP contribution in [0.3, 0.4) is 0 Å². The van der Waals surface area contributed by atoms with Crippen molar-refractivity contribution in [1.29, 1.82) is 0 Å². The lowest BCUT2D eigenvalue weighted by Crippen LogP contribution is -2.53. The molecule has 9 heteroatoms. The average Bonchev–Trinajstić information content (AvgIpc) is 2.95. The minimum atomic E-state index is -1.40. The van der Waals surface area contributed by atoms with E-state index in [1.54, 1.807) is 4.90 Å². The van der Waals surface area contributed by atoms with E-state index in [0.717, 1.165) is 0 Å². The third-order valence-corrected chi connectivity index (χ3v) is 5.17. The Bertz CT molecular complexity index is 449. The zero-order chi connectivity index (χ0) is 16.5. The number of carbonyl (C=O) groups is 2. The molecule has 0 aromatic rings. The molecule has 1 heterocycles. The highest BCUT2D eigenvalue weighted by molar-refractivity contribution is 6.40. The van der Waals surface area contributed by atoms with Gasteiger partial charge in [0.2, 0.25) is 5.91 Å². The number of nitrogens with zero attached hydrogens (tertiary/aromatic N) is 1. The van der Waals surface area contributed by atoms with Crippen LogP contribution in [0, 0.1) is 17.8 Å². The predicted octanol–water partition coefficient (Wildman–Crippen LogP) is -1.93. The van der Waals surface area contributed by atoms with Gasteiger partial charge in [-0.3, -0.25) is 9.59 Å². The van der Waals surface area contributed by atoms with Gasteiger partial charge >= 0.3 is 13.1 Å². The van der Waals surface area contributed by atoms with Gasteiger partial charge in [0.1, 0.15) is 5.54 Å². The Balaban J connectivity index is 2.09. The van der Waals surface area contributed by atoms with Gasteiger partial charge < -0.3 is 31.5 Å². The van der Waals surface area contributed by atoms with Crippen LogP contribution < -0.4 is 11.5 Å². The van der Waals surface area contributed by atoms with Crippen LogP contribution in [0.25, 0.3) is 0 Å².